The molecule has 0 aromatic heterocycles. The van der Waals surface area contributed by atoms with Crippen LogP contribution in [0.3, 0.4) is 0 Å². The molecule has 0 saturated carbocycles. The zero-order valence-electron chi connectivity index (χ0n) is 11.6. The second-order valence-electron chi connectivity index (χ2n) is 5.21. The van der Waals surface area contributed by atoms with Gasteiger partial charge in [-0.05, 0) is 43.7 Å². The summed E-state index contributed by atoms with van der Waals surface area (Å²) in [5.74, 6) is 0. The smallest absolute Gasteiger partial charge is 0.0828 e. The van der Waals surface area contributed by atoms with Crippen LogP contribution in [0.25, 0.3) is 0 Å². The van der Waals surface area contributed by atoms with E-state index in [-0.39, 0.29) is 0 Å². The maximum atomic E-state index is 6.04. The molecule has 0 amide bonds. The van der Waals surface area contributed by atoms with E-state index in [2.05, 4.69) is 43.4 Å². The standard InChI is InChI=1S/C16H25NO/c1-3-13(2)17-11-12-18-16-10-6-8-14-7-4-5-9-15(14)16/h4-5,7,9,13,16-17H,3,6,8,10-12H2,1-2H3. The number of benzene rings is 1. The molecule has 2 nitrogen and oxygen atoms in total. The molecule has 0 saturated heterocycles. The molecule has 0 radical (unpaired) electrons. The van der Waals surface area contributed by atoms with Crippen molar-refractivity contribution >= 4 is 0 Å². The number of fused-ring (bicyclic) bond motifs is 1. The lowest BCUT2D eigenvalue weighted by atomic mass is 9.89. The van der Waals surface area contributed by atoms with Gasteiger partial charge < -0.3 is 10.1 Å². The molecule has 2 heteroatoms. The van der Waals surface area contributed by atoms with E-state index in [1.54, 1.807) is 0 Å². The van der Waals surface area contributed by atoms with Gasteiger partial charge in [-0.15, -0.1) is 0 Å². The van der Waals surface area contributed by atoms with Crippen molar-refractivity contribution in [3.05, 3.63) is 35.4 Å². The van der Waals surface area contributed by atoms with Gasteiger partial charge in [0.25, 0.3) is 0 Å². The van der Waals surface area contributed by atoms with Crippen molar-refractivity contribution in [3.63, 3.8) is 0 Å². The highest BCUT2D eigenvalue weighted by atomic mass is 16.5. The Morgan fingerprint density at radius 1 is 1.39 bits per heavy atom. The Morgan fingerprint density at radius 2 is 2.22 bits per heavy atom. The predicted molar refractivity (Wildman–Crippen MR) is 75.8 cm³/mol. The molecule has 0 spiro atoms. The third-order valence-corrected chi connectivity index (χ3v) is 3.84. The van der Waals surface area contributed by atoms with Gasteiger partial charge in [0, 0.05) is 12.6 Å². The lowest BCUT2D eigenvalue weighted by Gasteiger charge is -2.26. The number of ether oxygens (including phenoxy) is 1. The van der Waals surface area contributed by atoms with Crippen molar-refractivity contribution < 1.29 is 4.74 Å². The predicted octanol–water partition coefficient (Wildman–Crippen LogP) is 3.47. The molecule has 0 aliphatic heterocycles. The molecule has 1 aromatic rings. The topological polar surface area (TPSA) is 21.3 Å². The van der Waals surface area contributed by atoms with Crippen molar-refractivity contribution in [3.8, 4) is 0 Å². The van der Waals surface area contributed by atoms with Crippen LogP contribution < -0.4 is 5.32 Å². The molecule has 1 aromatic carbocycles. The molecule has 2 unspecified atom stereocenters. The van der Waals surface area contributed by atoms with Crippen LogP contribution in [-0.2, 0) is 11.2 Å². The molecular weight excluding hydrogens is 222 g/mol. The number of hydrogen-bond donors (Lipinski definition) is 1. The SMILES string of the molecule is CCC(C)NCCOC1CCCc2ccccc21. The molecule has 100 valence electrons. The number of nitrogens with one attached hydrogen (secondary N) is 1. The maximum absolute atomic E-state index is 6.04. The average Bonchev–Trinajstić information content (AvgIpc) is 2.43. The number of aryl methyl sites for hydroxylation is 1. The molecule has 18 heavy (non-hydrogen) atoms. The van der Waals surface area contributed by atoms with Gasteiger partial charge in [-0.2, -0.15) is 0 Å². The second kappa shape index (κ2) is 6.91. The van der Waals surface area contributed by atoms with Crippen molar-refractivity contribution in [1.29, 1.82) is 0 Å². The van der Waals surface area contributed by atoms with E-state index in [9.17, 15) is 0 Å². The maximum Gasteiger partial charge on any atom is 0.0828 e. The summed E-state index contributed by atoms with van der Waals surface area (Å²) in [5.41, 5.74) is 2.89. The first-order valence-electron chi connectivity index (χ1n) is 7.24. The largest absolute Gasteiger partial charge is 0.372 e. The third kappa shape index (κ3) is 3.56. The molecule has 1 aliphatic rings. The van der Waals surface area contributed by atoms with Crippen LogP contribution in [0.4, 0.5) is 0 Å². The van der Waals surface area contributed by atoms with Gasteiger partial charge in [-0.1, -0.05) is 31.2 Å². The summed E-state index contributed by atoms with van der Waals surface area (Å²) < 4.78 is 6.04. The van der Waals surface area contributed by atoms with Gasteiger partial charge in [0.15, 0.2) is 0 Å². The summed E-state index contributed by atoms with van der Waals surface area (Å²) in [6.45, 7) is 6.18. The van der Waals surface area contributed by atoms with E-state index in [1.165, 1.54) is 36.8 Å². The summed E-state index contributed by atoms with van der Waals surface area (Å²) in [4.78, 5) is 0. The Balaban J connectivity index is 1.81. The average molecular weight is 247 g/mol. The molecular formula is C16H25NO. The van der Waals surface area contributed by atoms with Gasteiger partial charge in [-0.3, -0.25) is 0 Å². The molecule has 2 atom stereocenters. The Morgan fingerprint density at radius 3 is 3.06 bits per heavy atom. The van der Waals surface area contributed by atoms with Crippen LogP contribution in [-0.4, -0.2) is 19.2 Å². The third-order valence-electron chi connectivity index (χ3n) is 3.84. The summed E-state index contributed by atoms with van der Waals surface area (Å²) in [5, 5.41) is 3.47. The van der Waals surface area contributed by atoms with Gasteiger partial charge in [0.05, 0.1) is 12.7 Å². The fourth-order valence-corrected chi connectivity index (χ4v) is 2.53. The minimum Gasteiger partial charge on any atom is -0.372 e. The lowest BCUT2D eigenvalue weighted by Crippen LogP contribution is -2.29. The highest BCUT2D eigenvalue weighted by Gasteiger charge is 2.19. The van der Waals surface area contributed by atoms with E-state index in [0.717, 1.165) is 13.2 Å². The van der Waals surface area contributed by atoms with Crippen LogP contribution in [0.15, 0.2) is 24.3 Å². The fourth-order valence-electron chi connectivity index (χ4n) is 2.53. The van der Waals surface area contributed by atoms with E-state index in [1.807, 2.05) is 0 Å². The zero-order valence-corrected chi connectivity index (χ0v) is 11.6. The Labute approximate surface area is 111 Å². The summed E-state index contributed by atoms with van der Waals surface area (Å²) in [7, 11) is 0. The lowest BCUT2D eigenvalue weighted by molar-refractivity contribution is 0.0417. The minimum absolute atomic E-state index is 0.314. The number of rotatable bonds is 6. The summed E-state index contributed by atoms with van der Waals surface area (Å²) >= 11 is 0. The highest BCUT2D eigenvalue weighted by molar-refractivity contribution is 5.31. The quantitative estimate of drug-likeness (QED) is 0.777. The van der Waals surface area contributed by atoms with Crippen LogP contribution >= 0.6 is 0 Å². The fraction of sp³-hybridized carbons (Fsp3) is 0.625. The first kappa shape index (κ1) is 13.6. The highest BCUT2D eigenvalue weighted by Crippen LogP contribution is 2.31. The van der Waals surface area contributed by atoms with Crippen molar-refractivity contribution in [2.24, 2.45) is 0 Å². The first-order chi connectivity index (χ1) is 8.81. The molecule has 1 aliphatic carbocycles. The van der Waals surface area contributed by atoms with E-state index in [4.69, 9.17) is 4.74 Å². The normalized spacial score (nSPS) is 20.4. The van der Waals surface area contributed by atoms with Gasteiger partial charge in [0.1, 0.15) is 0 Å². The Bertz CT molecular complexity index is 364. The van der Waals surface area contributed by atoms with Crippen molar-refractivity contribution in [2.45, 2.75) is 51.7 Å². The summed E-state index contributed by atoms with van der Waals surface area (Å²) in [6, 6.07) is 9.31. The van der Waals surface area contributed by atoms with Gasteiger partial charge in [-0.25, -0.2) is 0 Å². The van der Waals surface area contributed by atoms with E-state index >= 15 is 0 Å². The van der Waals surface area contributed by atoms with E-state index in [0.29, 0.717) is 12.1 Å². The molecule has 1 N–H and O–H groups in total. The summed E-state index contributed by atoms with van der Waals surface area (Å²) in [6.07, 6.45) is 5.11. The van der Waals surface area contributed by atoms with Gasteiger partial charge >= 0.3 is 0 Å². The molecule has 0 heterocycles. The molecule has 2 rings (SSSR count). The van der Waals surface area contributed by atoms with Gasteiger partial charge in [0.2, 0.25) is 0 Å². The minimum atomic E-state index is 0.314. The Kier molecular flexibility index (Phi) is 5.21. The Hall–Kier alpha value is -0.860. The zero-order chi connectivity index (χ0) is 12.8. The van der Waals surface area contributed by atoms with Crippen molar-refractivity contribution in [2.75, 3.05) is 13.2 Å². The molecule has 0 fully saturated rings. The van der Waals surface area contributed by atoms with Crippen LogP contribution in [0.2, 0.25) is 0 Å². The molecule has 0 bridgehead atoms. The van der Waals surface area contributed by atoms with Crippen LogP contribution in [0, 0.1) is 0 Å². The van der Waals surface area contributed by atoms with Crippen LogP contribution in [0.1, 0.15) is 50.3 Å². The first-order valence-corrected chi connectivity index (χ1v) is 7.24. The van der Waals surface area contributed by atoms with E-state index < -0.39 is 0 Å². The van der Waals surface area contributed by atoms with Crippen LogP contribution in [0.5, 0.6) is 0 Å². The second-order valence-corrected chi connectivity index (χ2v) is 5.21. The van der Waals surface area contributed by atoms with Crippen molar-refractivity contribution in [1.82, 2.24) is 5.32 Å². The monoisotopic (exact) mass is 247 g/mol. The number of hydrogen-bond acceptors (Lipinski definition) is 2.